The third-order valence-corrected chi connectivity index (χ3v) is 5.13. The zero-order chi connectivity index (χ0) is 17.0. The van der Waals surface area contributed by atoms with Crippen LogP contribution < -0.4 is 5.32 Å². The Morgan fingerprint density at radius 1 is 1.13 bits per heavy atom. The molecule has 1 unspecified atom stereocenters. The molecule has 0 aromatic heterocycles. The van der Waals surface area contributed by atoms with E-state index in [0.29, 0.717) is 6.04 Å². The molecule has 0 bridgehead atoms. The van der Waals surface area contributed by atoms with Crippen molar-refractivity contribution in [3.05, 3.63) is 0 Å². The lowest BCUT2D eigenvalue weighted by molar-refractivity contribution is -0.140. The molecule has 1 N–H and O–H groups in total. The highest BCUT2D eigenvalue weighted by molar-refractivity contribution is 5.86. The molecule has 2 saturated heterocycles. The zero-order valence-electron chi connectivity index (χ0n) is 14.9. The number of rotatable bonds is 4. The van der Waals surface area contributed by atoms with Crippen LogP contribution in [0.4, 0.5) is 4.79 Å². The number of ether oxygens (including phenoxy) is 1. The van der Waals surface area contributed by atoms with Gasteiger partial charge in [0, 0.05) is 19.1 Å². The van der Waals surface area contributed by atoms with Gasteiger partial charge in [0.1, 0.15) is 6.04 Å². The van der Waals surface area contributed by atoms with Gasteiger partial charge in [0.05, 0.1) is 13.3 Å². The first-order chi connectivity index (χ1) is 11.0. The third-order valence-electron chi connectivity index (χ3n) is 5.13. The van der Waals surface area contributed by atoms with Crippen molar-refractivity contribution < 1.29 is 14.3 Å². The second-order valence-electron chi connectivity index (χ2n) is 7.09. The molecule has 2 aliphatic rings. The second kappa shape index (κ2) is 7.99. The van der Waals surface area contributed by atoms with Gasteiger partial charge in [-0.25, -0.2) is 4.79 Å². The largest absolute Gasteiger partial charge is 0.453 e. The molecule has 132 valence electrons. The van der Waals surface area contributed by atoms with Crippen molar-refractivity contribution in [1.29, 1.82) is 0 Å². The first-order valence-electron chi connectivity index (χ1n) is 8.86. The average molecular weight is 325 g/mol. The lowest BCUT2D eigenvalue weighted by Gasteiger charge is -2.42. The van der Waals surface area contributed by atoms with E-state index < -0.39 is 12.1 Å². The van der Waals surface area contributed by atoms with Gasteiger partial charge in [-0.15, -0.1) is 0 Å². The number of amides is 2. The van der Waals surface area contributed by atoms with Crippen LogP contribution in [0.15, 0.2) is 0 Å². The van der Waals surface area contributed by atoms with Crippen molar-refractivity contribution in [3.63, 3.8) is 0 Å². The van der Waals surface area contributed by atoms with E-state index in [9.17, 15) is 9.59 Å². The van der Waals surface area contributed by atoms with Crippen molar-refractivity contribution in [2.45, 2.75) is 71.1 Å². The van der Waals surface area contributed by atoms with Gasteiger partial charge in [-0.2, -0.15) is 0 Å². The maximum Gasteiger partial charge on any atom is 0.407 e. The Hall–Kier alpha value is -1.30. The van der Waals surface area contributed by atoms with Crippen molar-refractivity contribution in [2.75, 3.05) is 20.2 Å². The van der Waals surface area contributed by atoms with Crippen LogP contribution in [0.3, 0.4) is 0 Å². The Balaban J connectivity index is 2.10. The fourth-order valence-electron chi connectivity index (χ4n) is 3.79. The SMILES string of the molecule is COC(=O)N[C@H](C(=O)N1CCC[C@H]1N1CCCCC1C)C(C)C. The van der Waals surface area contributed by atoms with E-state index in [0.717, 1.165) is 25.9 Å². The molecule has 23 heavy (non-hydrogen) atoms. The van der Waals surface area contributed by atoms with Crippen LogP contribution in [0.25, 0.3) is 0 Å². The summed E-state index contributed by atoms with van der Waals surface area (Å²) in [6.45, 7) is 8.00. The highest BCUT2D eigenvalue weighted by Crippen LogP contribution is 2.28. The monoisotopic (exact) mass is 325 g/mol. The van der Waals surface area contributed by atoms with E-state index in [2.05, 4.69) is 21.9 Å². The summed E-state index contributed by atoms with van der Waals surface area (Å²) in [5.41, 5.74) is 0. The Kier molecular flexibility index (Phi) is 6.27. The summed E-state index contributed by atoms with van der Waals surface area (Å²) in [5, 5.41) is 2.71. The van der Waals surface area contributed by atoms with E-state index in [-0.39, 0.29) is 18.0 Å². The minimum Gasteiger partial charge on any atom is -0.453 e. The molecule has 3 atom stereocenters. The number of hydrogen-bond donors (Lipinski definition) is 1. The van der Waals surface area contributed by atoms with Crippen molar-refractivity contribution in [1.82, 2.24) is 15.1 Å². The number of carbonyl (C=O) groups excluding carboxylic acids is 2. The molecule has 0 spiro atoms. The van der Waals surface area contributed by atoms with Crippen LogP contribution >= 0.6 is 0 Å². The van der Waals surface area contributed by atoms with Crippen LogP contribution in [-0.4, -0.2) is 60.2 Å². The molecule has 2 rings (SSSR count). The van der Waals surface area contributed by atoms with Crippen molar-refractivity contribution in [2.24, 2.45) is 5.92 Å². The standard InChI is InChI=1S/C17H31N3O3/c1-12(2)15(18-17(22)23-4)16(21)20-11-7-9-14(20)19-10-6-5-8-13(19)3/h12-15H,5-11H2,1-4H3,(H,18,22)/t13?,14-,15-/m0/s1. The predicted molar refractivity (Wildman–Crippen MR) is 88.9 cm³/mol. The summed E-state index contributed by atoms with van der Waals surface area (Å²) in [5.74, 6) is 0.0484. The maximum atomic E-state index is 13.0. The smallest absolute Gasteiger partial charge is 0.407 e. The number of carbonyl (C=O) groups is 2. The molecular weight excluding hydrogens is 294 g/mol. The number of nitrogens with zero attached hydrogens (tertiary/aromatic N) is 2. The van der Waals surface area contributed by atoms with Gasteiger partial charge in [0.25, 0.3) is 0 Å². The molecule has 0 aromatic carbocycles. The summed E-state index contributed by atoms with van der Waals surface area (Å²) in [4.78, 5) is 29.0. The topological polar surface area (TPSA) is 61.9 Å². The Morgan fingerprint density at radius 2 is 1.87 bits per heavy atom. The average Bonchev–Trinajstić information content (AvgIpc) is 3.01. The minimum absolute atomic E-state index is 0.0191. The number of piperidine rings is 1. The summed E-state index contributed by atoms with van der Waals surface area (Å²) in [6, 6.07) is -0.00337. The van der Waals surface area contributed by atoms with E-state index in [1.54, 1.807) is 0 Å². The normalized spacial score (nSPS) is 27.1. The quantitative estimate of drug-likeness (QED) is 0.861. The first kappa shape index (κ1) is 18.0. The van der Waals surface area contributed by atoms with Crippen LogP contribution in [0.2, 0.25) is 0 Å². The summed E-state index contributed by atoms with van der Waals surface area (Å²) in [7, 11) is 1.32. The van der Waals surface area contributed by atoms with Gasteiger partial charge in [0.2, 0.25) is 5.91 Å². The molecule has 0 aliphatic carbocycles. The molecule has 0 radical (unpaired) electrons. The lowest BCUT2D eigenvalue weighted by Crippen LogP contribution is -2.57. The van der Waals surface area contributed by atoms with E-state index >= 15 is 0 Å². The van der Waals surface area contributed by atoms with Gasteiger partial charge in [-0.3, -0.25) is 9.69 Å². The fourth-order valence-corrected chi connectivity index (χ4v) is 3.79. The van der Waals surface area contributed by atoms with Gasteiger partial charge in [-0.1, -0.05) is 20.3 Å². The van der Waals surface area contributed by atoms with Crippen LogP contribution in [0.5, 0.6) is 0 Å². The highest BCUT2D eigenvalue weighted by atomic mass is 16.5. The van der Waals surface area contributed by atoms with E-state index in [4.69, 9.17) is 0 Å². The number of likely N-dealkylation sites (tertiary alicyclic amines) is 2. The molecular formula is C17H31N3O3. The Labute approximate surface area is 139 Å². The van der Waals surface area contributed by atoms with Gasteiger partial charge < -0.3 is 15.0 Å². The van der Waals surface area contributed by atoms with E-state index in [1.165, 1.54) is 26.4 Å². The molecule has 6 nitrogen and oxygen atoms in total. The molecule has 2 aliphatic heterocycles. The number of hydrogen-bond acceptors (Lipinski definition) is 4. The van der Waals surface area contributed by atoms with E-state index in [1.807, 2.05) is 18.7 Å². The van der Waals surface area contributed by atoms with Gasteiger partial charge in [-0.05, 0) is 38.5 Å². The lowest BCUT2D eigenvalue weighted by atomic mass is 10.0. The van der Waals surface area contributed by atoms with Gasteiger partial charge in [0.15, 0.2) is 0 Å². The molecule has 6 heteroatoms. The van der Waals surface area contributed by atoms with Crippen molar-refractivity contribution in [3.8, 4) is 0 Å². The number of nitrogens with one attached hydrogen (secondary N) is 1. The summed E-state index contributed by atoms with van der Waals surface area (Å²) < 4.78 is 4.67. The minimum atomic E-state index is -0.542. The zero-order valence-corrected chi connectivity index (χ0v) is 14.9. The fraction of sp³-hybridized carbons (Fsp3) is 0.882. The second-order valence-corrected chi connectivity index (χ2v) is 7.09. The molecule has 2 heterocycles. The Morgan fingerprint density at radius 3 is 2.48 bits per heavy atom. The van der Waals surface area contributed by atoms with Crippen molar-refractivity contribution >= 4 is 12.0 Å². The highest BCUT2D eigenvalue weighted by Gasteiger charge is 2.39. The third kappa shape index (κ3) is 4.16. The van der Waals surface area contributed by atoms with Crippen LogP contribution in [0.1, 0.15) is 52.9 Å². The molecule has 2 fully saturated rings. The number of alkyl carbamates (subject to hydrolysis) is 1. The molecule has 2 amide bonds. The molecule has 0 aromatic rings. The summed E-state index contributed by atoms with van der Waals surface area (Å²) >= 11 is 0. The first-order valence-corrected chi connectivity index (χ1v) is 8.86. The molecule has 0 saturated carbocycles. The number of methoxy groups -OCH3 is 1. The van der Waals surface area contributed by atoms with Crippen LogP contribution in [0, 0.1) is 5.92 Å². The Bertz CT molecular complexity index is 427. The van der Waals surface area contributed by atoms with Crippen LogP contribution in [-0.2, 0) is 9.53 Å². The summed E-state index contributed by atoms with van der Waals surface area (Å²) in [6.07, 6.45) is 5.37. The maximum absolute atomic E-state index is 13.0. The predicted octanol–water partition coefficient (Wildman–Crippen LogP) is 2.19. The van der Waals surface area contributed by atoms with Gasteiger partial charge >= 0.3 is 6.09 Å².